The van der Waals surface area contributed by atoms with Gasteiger partial charge in [-0.1, -0.05) is 17.8 Å². The number of carbonyl (C=O) groups excluding carboxylic acids is 1. The van der Waals surface area contributed by atoms with Crippen molar-refractivity contribution in [2.24, 2.45) is 0 Å². The summed E-state index contributed by atoms with van der Waals surface area (Å²) >= 11 is 1.43. The first-order valence-corrected chi connectivity index (χ1v) is 10.2. The Morgan fingerprint density at radius 1 is 1.29 bits per heavy atom. The van der Waals surface area contributed by atoms with E-state index in [1.54, 1.807) is 17.7 Å². The molecule has 28 heavy (non-hydrogen) atoms. The minimum atomic E-state index is -0.449. The number of halogens is 1. The van der Waals surface area contributed by atoms with Crippen LogP contribution in [0, 0.1) is 5.82 Å². The summed E-state index contributed by atoms with van der Waals surface area (Å²) in [6.07, 6.45) is 2.78. The van der Waals surface area contributed by atoms with Gasteiger partial charge >= 0.3 is 5.97 Å². The topological polar surface area (TPSA) is 53.3 Å². The Morgan fingerprint density at radius 2 is 2.14 bits per heavy atom. The molecule has 1 aliphatic rings. The fraction of sp³-hybridized carbons (Fsp3) is 0.333. The standard InChI is InChI=1S/C21H21FN2O3S/c1-2-26-21(25)20-17-13-16(28-15-7-5-6-14(22)12-15)9-10-18(17)24(23-20)19-8-3-4-11-27-19/h5-7,9-10,12-13,19H,2-4,8,11H2,1H3. The Hall–Kier alpha value is -2.38. The molecule has 1 aliphatic heterocycles. The van der Waals surface area contributed by atoms with E-state index in [1.807, 2.05) is 24.3 Å². The van der Waals surface area contributed by atoms with E-state index in [1.165, 1.54) is 23.9 Å². The lowest BCUT2D eigenvalue weighted by atomic mass is 10.1. The molecule has 0 radical (unpaired) electrons. The number of rotatable bonds is 5. The van der Waals surface area contributed by atoms with Crippen LogP contribution in [0.25, 0.3) is 10.9 Å². The summed E-state index contributed by atoms with van der Waals surface area (Å²) in [6.45, 7) is 2.74. The van der Waals surface area contributed by atoms with Crippen molar-refractivity contribution in [3.63, 3.8) is 0 Å². The number of nitrogens with zero attached hydrogens (tertiary/aromatic N) is 2. The van der Waals surface area contributed by atoms with Gasteiger partial charge in [0.1, 0.15) is 5.82 Å². The molecule has 146 valence electrons. The highest BCUT2D eigenvalue weighted by Crippen LogP contribution is 2.34. The predicted molar refractivity (Wildman–Crippen MR) is 105 cm³/mol. The van der Waals surface area contributed by atoms with Crippen LogP contribution >= 0.6 is 11.8 Å². The van der Waals surface area contributed by atoms with E-state index in [0.29, 0.717) is 12.0 Å². The molecular formula is C21H21FN2O3S. The number of benzene rings is 2. The van der Waals surface area contributed by atoms with E-state index in [2.05, 4.69) is 5.10 Å². The molecule has 2 heterocycles. The third kappa shape index (κ3) is 3.91. The average Bonchev–Trinajstić information content (AvgIpc) is 3.08. The maximum atomic E-state index is 13.5. The molecule has 1 aromatic heterocycles. The average molecular weight is 400 g/mol. The van der Waals surface area contributed by atoms with E-state index in [4.69, 9.17) is 9.47 Å². The molecule has 1 saturated heterocycles. The van der Waals surface area contributed by atoms with Crippen molar-refractivity contribution in [3.8, 4) is 0 Å². The summed E-state index contributed by atoms with van der Waals surface area (Å²) in [5.41, 5.74) is 1.12. The third-order valence-corrected chi connectivity index (χ3v) is 5.59. The van der Waals surface area contributed by atoms with Gasteiger partial charge < -0.3 is 9.47 Å². The quantitative estimate of drug-likeness (QED) is 0.551. The van der Waals surface area contributed by atoms with E-state index in [0.717, 1.165) is 34.6 Å². The van der Waals surface area contributed by atoms with Crippen LogP contribution in [0.1, 0.15) is 42.9 Å². The van der Waals surface area contributed by atoms with Crippen LogP contribution in [0.5, 0.6) is 0 Å². The predicted octanol–water partition coefficient (Wildman–Crippen LogP) is 5.20. The minimum Gasteiger partial charge on any atom is -0.461 e. The molecule has 5 nitrogen and oxygen atoms in total. The van der Waals surface area contributed by atoms with Crippen molar-refractivity contribution in [1.29, 1.82) is 0 Å². The van der Waals surface area contributed by atoms with Gasteiger partial charge in [-0.2, -0.15) is 5.10 Å². The Morgan fingerprint density at radius 3 is 2.89 bits per heavy atom. The van der Waals surface area contributed by atoms with Gasteiger partial charge in [-0.3, -0.25) is 0 Å². The second-order valence-electron chi connectivity index (χ2n) is 6.57. The molecule has 3 aromatic rings. The van der Waals surface area contributed by atoms with Gasteiger partial charge in [0.15, 0.2) is 11.9 Å². The Bertz CT molecular complexity index is 998. The highest BCUT2D eigenvalue weighted by atomic mass is 32.2. The van der Waals surface area contributed by atoms with Crippen molar-refractivity contribution in [1.82, 2.24) is 9.78 Å². The number of hydrogen-bond donors (Lipinski definition) is 0. The summed E-state index contributed by atoms with van der Waals surface area (Å²) in [5.74, 6) is -0.726. The van der Waals surface area contributed by atoms with E-state index >= 15 is 0 Å². The molecule has 0 amide bonds. The molecular weight excluding hydrogens is 379 g/mol. The summed E-state index contributed by atoms with van der Waals surface area (Å²) in [6, 6.07) is 12.2. The molecule has 1 fully saturated rings. The molecule has 0 bridgehead atoms. The highest BCUT2D eigenvalue weighted by Gasteiger charge is 2.24. The van der Waals surface area contributed by atoms with E-state index < -0.39 is 5.97 Å². The van der Waals surface area contributed by atoms with Gasteiger partial charge in [-0.25, -0.2) is 13.9 Å². The summed E-state index contributed by atoms with van der Waals surface area (Å²) in [7, 11) is 0. The number of esters is 1. The lowest BCUT2D eigenvalue weighted by molar-refractivity contribution is -0.0369. The van der Waals surface area contributed by atoms with Crippen LogP contribution in [-0.4, -0.2) is 29.0 Å². The summed E-state index contributed by atoms with van der Waals surface area (Å²) in [4.78, 5) is 14.2. The zero-order valence-corrected chi connectivity index (χ0v) is 16.4. The first-order valence-electron chi connectivity index (χ1n) is 9.40. The maximum absolute atomic E-state index is 13.5. The number of fused-ring (bicyclic) bond motifs is 1. The van der Waals surface area contributed by atoms with Gasteiger partial charge in [0, 0.05) is 21.8 Å². The number of hydrogen-bond acceptors (Lipinski definition) is 5. The van der Waals surface area contributed by atoms with Crippen molar-refractivity contribution >= 4 is 28.6 Å². The van der Waals surface area contributed by atoms with E-state index in [9.17, 15) is 9.18 Å². The van der Waals surface area contributed by atoms with Gasteiger partial charge in [0.2, 0.25) is 0 Å². The molecule has 0 aliphatic carbocycles. The van der Waals surface area contributed by atoms with Gasteiger partial charge in [-0.05, 0) is 62.6 Å². The van der Waals surface area contributed by atoms with Crippen LogP contribution in [-0.2, 0) is 9.47 Å². The number of ether oxygens (including phenoxy) is 2. The molecule has 4 rings (SSSR count). The SMILES string of the molecule is CCOC(=O)c1nn(C2CCCCO2)c2ccc(Sc3cccc(F)c3)cc12. The zero-order chi connectivity index (χ0) is 19.5. The monoisotopic (exact) mass is 400 g/mol. The molecule has 2 aromatic carbocycles. The van der Waals surface area contributed by atoms with Crippen molar-refractivity contribution in [2.75, 3.05) is 13.2 Å². The molecule has 0 N–H and O–H groups in total. The molecule has 0 saturated carbocycles. The number of carbonyl (C=O) groups is 1. The fourth-order valence-corrected chi connectivity index (χ4v) is 4.24. The molecule has 1 atom stereocenters. The van der Waals surface area contributed by atoms with Crippen LogP contribution in [0.15, 0.2) is 52.3 Å². The smallest absolute Gasteiger partial charge is 0.359 e. The summed E-state index contributed by atoms with van der Waals surface area (Å²) in [5, 5.41) is 5.26. The van der Waals surface area contributed by atoms with Crippen molar-refractivity contribution < 1.29 is 18.7 Å². The summed E-state index contributed by atoms with van der Waals surface area (Å²) < 4.78 is 26.3. The first kappa shape index (κ1) is 19.0. The van der Waals surface area contributed by atoms with Gasteiger partial charge in [-0.15, -0.1) is 0 Å². The second kappa shape index (κ2) is 8.32. The van der Waals surface area contributed by atoms with Gasteiger partial charge in [0.25, 0.3) is 0 Å². The van der Waals surface area contributed by atoms with Crippen LogP contribution < -0.4 is 0 Å². The zero-order valence-electron chi connectivity index (χ0n) is 15.6. The lowest BCUT2D eigenvalue weighted by Crippen LogP contribution is -2.19. The highest BCUT2D eigenvalue weighted by molar-refractivity contribution is 7.99. The van der Waals surface area contributed by atoms with Gasteiger partial charge in [0.05, 0.1) is 12.1 Å². The molecule has 1 unspecified atom stereocenters. The molecule has 7 heteroatoms. The normalized spacial score (nSPS) is 17.0. The molecule has 0 spiro atoms. The Kier molecular flexibility index (Phi) is 5.64. The maximum Gasteiger partial charge on any atom is 0.359 e. The van der Waals surface area contributed by atoms with Crippen LogP contribution in [0.3, 0.4) is 0 Å². The van der Waals surface area contributed by atoms with E-state index in [-0.39, 0.29) is 24.3 Å². The second-order valence-corrected chi connectivity index (χ2v) is 7.72. The Labute approximate surface area is 166 Å². The fourth-order valence-electron chi connectivity index (χ4n) is 3.34. The Balaban J connectivity index is 1.74. The number of aromatic nitrogens is 2. The van der Waals surface area contributed by atoms with Crippen LogP contribution in [0.4, 0.5) is 4.39 Å². The van der Waals surface area contributed by atoms with Crippen molar-refractivity contribution in [2.45, 2.75) is 42.2 Å². The largest absolute Gasteiger partial charge is 0.461 e. The minimum absolute atomic E-state index is 0.179. The third-order valence-electron chi connectivity index (χ3n) is 4.61. The first-order chi connectivity index (χ1) is 13.7. The van der Waals surface area contributed by atoms with Crippen molar-refractivity contribution in [3.05, 3.63) is 54.0 Å². The van der Waals surface area contributed by atoms with Crippen LogP contribution in [0.2, 0.25) is 0 Å². The lowest BCUT2D eigenvalue weighted by Gasteiger charge is -2.23.